The van der Waals surface area contributed by atoms with Crippen LogP contribution in [0.5, 0.6) is 0 Å². The van der Waals surface area contributed by atoms with E-state index < -0.39 is 35.3 Å². The number of alkyl carbamates (subject to hydrolysis) is 2. The Balaban J connectivity index is 1.75. The molecule has 0 aromatic rings. The van der Waals surface area contributed by atoms with E-state index in [1.807, 2.05) is 0 Å². The van der Waals surface area contributed by atoms with Crippen LogP contribution in [0, 0.1) is 23.7 Å². The molecule has 2 aliphatic carbocycles. The Bertz CT molecular complexity index is 907. The van der Waals surface area contributed by atoms with Gasteiger partial charge < -0.3 is 25.2 Å². The molecule has 2 aliphatic rings. The molecule has 0 saturated heterocycles. The lowest BCUT2D eigenvalue weighted by molar-refractivity contribution is -0.130. The quantitative estimate of drug-likeness (QED) is 0.412. The van der Waals surface area contributed by atoms with Gasteiger partial charge in [-0.25, -0.2) is 9.59 Å². The number of allylic oxidation sites excluding steroid dienone is 3. The van der Waals surface area contributed by atoms with Gasteiger partial charge in [0.05, 0.1) is 0 Å². The van der Waals surface area contributed by atoms with Crippen molar-refractivity contribution in [1.29, 1.82) is 0 Å². The fourth-order valence-electron chi connectivity index (χ4n) is 3.04. The predicted octanol–water partition coefficient (Wildman–Crippen LogP) is 2.37. The van der Waals surface area contributed by atoms with Crippen LogP contribution in [0.1, 0.15) is 52.9 Å². The molecule has 8 nitrogen and oxygen atoms in total. The summed E-state index contributed by atoms with van der Waals surface area (Å²) >= 11 is 0. The van der Waals surface area contributed by atoms with E-state index >= 15 is 0 Å². The highest BCUT2D eigenvalue weighted by Crippen LogP contribution is 2.27. The van der Waals surface area contributed by atoms with Gasteiger partial charge in [-0.15, -0.1) is 0 Å². The van der Waals surface area contributed by atoms with Crippen LogP contribution in [0.3, 0.4) is 0 Å². The summed E-state index contributed by atoms with van der Waals surface area (Å²) < 4.78 is 10.5. The van der Waals surface area contributed by atoms with Crippen molar-refractivity contribution >= 4 is 18.0 Å². The molecule has 172 valence electrons. The first kappa shape index (κ1) is 25.0. The minimum absolute atomic E-state index is 0.138. The van der Waals surface area contributed by atoms with Crippen LogP contribution in [0.25, 0.3) is 0 Å². The van der Waals surface area contributed by atoms with Crippen LogP contribution in [0.4, 0.5) is 9.59 Å². The summed E-state index contributed by atoms with van der Waals surface area (Å²) in [6.45, 7) is 6.25. The number of ether oxygens (including phenoxy) is 2. The van der Waals surface area contributed by atoms with E-state index in [0.29, 0.717) is 25.9 Å². The van der Waals surface area contributed by atoms with E-state index in [4.69, 9.17) is 9.47 Å². The van der Waals surface area contributed by atoms with Crippen molar-refractivity contribution in [2.75, 3.05) is 13.1 Å². The summed E-state index contributed by atoms with van der Waals surface area (Å²) in [6, 6.07) is 0. The van der Waals surface area contributed by atoms with Gasteiger partial charge in [-0.3, -0.25) is 4.79 Å². The Labute approximate surface area is 188 Å². The molecule has 0 saturated carbocycles. The van der Waals surface area contributed by atoms with Crippen molar-refractivity contribution < 1.29 is 29.0 Å². The Morgan fingerprint density at radius 1 is 1.12 bits per heavy atom. The third kappa shape index (κ3) is 8.13. The average Bonchev–Trinajstić information content (AvgIpc) is 2.69. The van der Waals surface area contributed by atoms with Crippen LogP contribution < -0.4 is 10.6 Å². The number of Topliss-reactive ketones (excluding diaryl/α,β-unsaturated/α-hetero) is 1. The SMILES string of the molecule is CC(C)(C)OC(=O)NCCCCCNC(=O)OC1C#C/C=C\C#CC2(O)CCC=C1C2=O. The van der Waals surface area contributed by atoms with Crippen molar-refractivity contribution in [3.8, 4) is 23.7 Å². The second-order valence-corrected chi connectivity index (χ2v) is 8.48. The van der Waals surface area contributed by atoms with Gasteiger partial charge in [0.1, 0.15) is 5.60 Å². The molecule has 8 heteroatoms. The van der Waals surface area contributed by atoms with E-state index in [1.165, 1.54) is 12.2 Å². The van der Waals surface area contributed by atoms with Gasteiger partial charge in [0.15, 0.2) is 11.7 Å². The van der Waals surface area contributed by atoms with Gasteiger partial charge in [0.2, 0.25) is 5.78 Å². The van der Waals surface area contributed by atoms with Crippen LogP contribution in [-0.4, -0.2) is 53.5 Å². The number of amides is 2. The van der Waals surface area contributed by atoms with Crippen LogP contribution in [-0.2, 0) is 14.3 Å². The summed E-state index contributed by atoms with van der Waals surface area (Å²) in [4.78, 5) is 36.4. The maximum atomic E-state index is 12.7. The summed E-state index contributed by atoms with van der Waals surface area (Å²) in [5, 5.41) is 15.9. The van der Waals surface area contributed by atoms with Crippen LogP contribution >= 0.6 is 0 Å². The zero-order valence-electron chi connectivity index (χ0n) is 18.7. The minimum Gasteiger partial charge on any atom is -0.444 e. The molecule has 2 unspecified atom stereocenters. The molecular formula is C24H30N2O6. The highest BCUT2D eigenvalue weighted by Gasteiger charge is 2.41. The molecular weight excluding hydrogens is 412 g/mol. The largest absolute Gasteiger partial charge is 0.444 e. The molecule has 0 fully saturated rings. The van der Waals surface area contributed by atoms with Crippen molar-refractivity contribution in [2.24, 2.45) is 0 Å². The summed E-state index contributed by atoms with van der Waals surface area (Å²) in [5.41, 5.74) is -2.19. The van der Waals surface area contributed by atoms with Gasteiger partial charge in [-0.05, 0) is 70.9 Å². The maximum Gasteiger partial charge on any atom is 0.408 e. The Morgan fingerprint density at radius 3 is 2.47 bits per heavy atom. The number of hydrogen-bond donors (Lipinski definition) is 3. The number of carbonyl (C=O) groups excluding carboxylic acids is 3. The number of hydrogen-bond acceptors (Lipinski definition) is 6. The molecule has 2 rings (SSSR count). The summed E-state index contributed by atoms with van der Waals surface area (Å²) in [5.74, 6) is 10.0. The maximum absolute atomic E-state index is 12.7. The number of unbranched alkanes of at least 4 members (excludes halogenated alkanes) is 2. The fourth-order valence-corrected chi connectivity index (χ4v) is 3.04. The Kier molecular flexibility index (Phi) is 8.92. The molecule has 0 aromatic carbocycles. The Hall–Kier alpha value is -3.23. The molecule has 0 radical (unpaired) electrons. The van der Waals surface area contributed by atoms with Crippen molar-refractivity contribution in [1.82, 2.24) is 10.6 Å². The molecule has 0 aromatic heterocycles. The van der Waals surface area contributed by atoms with E-state index in [-0.39, 0.29) is 12.0 Å². The number of ketones is 1. The first-order valence-electron chi connectivity index (χ1n) is 10.7. The first-order chi connectivity index (χ1) is 15.1. The van der Waals surface area contributed by atoms with Gasteiger partial charge >= 0.3 is 12.2 Å². The monoisotopic (exact) mass is 442 g/mol. The lowest BCUT2D eigenvalue weighted by Crippen LogP contribution is -2.44. The molecule has 2 bridgehead atoms. The van der Waals surface area contributed by atoms with Gasteiger partial charge in [0, 0.05) is 18.7 Å². The number of rotatable bonds is 7. The second-order valence-electron chi connectivity index (χ2n) is 8.48. The molecule has 0 spiro atoms. The number of carbonyl (C=O) groups is 3. The smallest absolute Gasteiger partial charge is 0.408 e. The average molecular weight is 443 g/mol. The topological polar surface area (TPSA) is 114 Å². The lowest BCUT2D eigenvalue weighted by Gasteiger charge is -2.28. The van der Waals surface area contributed by atoms with Gasteiger partial charge in [0.25, 0.3) is 0 Å². The van der Waals surface area contributed by atoms with Gasteiger partial charge in [-0.1, -0.05) is 23.8 Å². The zero-order valence-corrected chi connectivity index (χ0v) is 18.7. The van der Waals surface area contributed by atoms with Crippen molar-refractivity contribution in [3.05, 3.63) is 23.8 Å². The van der Waals surface area contributed by atoms with Gasteiger partial charge in [-0.2, -0.15) is 0 Å². The first-order valence-corrected chi connectivity index (χ1v) is 10.7. The number of fused-ring (bicyclic) bond motifs is 2. The van der Waals surface area contributed by atoms with E-state index in [9.17, 15) is 19.5 Å². The molecule has 3 N–H and O–H groups in total. The zero-order chi connectivity index (χ0) is 23.6. The molecule has 0 aliphatic heterocycles. The van der Waals surface area contributed by atoms with E-state index in [1.54, 1.807) is 26.8 Å². The summed E-state index contributed by atoms with van der Waals surface area (Å²) in [7, 11) is 0. The van der Waals surface area contributed by atoms with Crippen LogP contribution in [0.15, 0.2) is 23.8 Å². The van der Waals surface area contributed by atoms with Crippen molar-refractivity contribution in [3.63, 3.8) is 0 Å². The normalized spacial score (nSPS) is 22.7. The number of aliphatic hydroxyl groups is 1. The highest BCUT2D eigenvalue weighted by molar-refractivity contribution is 6.06. The van der Waals surface area contributed by atoms with E-state index in [2.05, 4.69) is 34.3 Å². The lowest BCUT2D eigenvalue weighted by atomic mass is 9.81. The van der Waals surface area contributed by atoms with Crippen LogP contribution in [0.2, 0.25) is 0 Å². The third-order valence-corrected chi connectivity index (χ3v) is 4.55. The van der Waals surface area contributed by atoms with E-state index in [0.717, 1.165) is 12.8 Å². The molecule has 0 heterocycles. The summed E-state index contributed by atoms with van der Waals surface area (Å²) in [6.07, 6.45) is 5.11. The Morgan fingerprint density at radius 2 is 1.78 bits per heavy atom. The number of nitrogens with one attached hydrogen (secondary N) is 2. The fraction of sp³-hybridized carbons (Fsp3) is 0.542. The third-order valence-electron chi connectivity index (χ3n) is 4.55. The highest BCUT2D eigenvalue weighted by atomic mass is 16.6. The van der Waals surface area contributed by atoms with Crippen molar-refractivity contribution in [2.45, 2.75) is 70.2 Å². The predicted molar refractivity (Wildman–Crippen MR) is 118 cm³/mol. The molecule has 2 amide bonds. The molecule has 32 heavy (non-hydrogen) atoms. The molecule has 2 atom stereocenters. The minimum atomic E-state index is -1.79. The second kappa shape index (κ2) is 11.4. The standard InChI is InChI=1S/C24H30N2O6/c1-23(2,3)32-22(29)26-17-10-6-9-16-25-21(28)31-19-13-7-4-5-8-14-24(30)15-11-12-18(19)20(24)27/h4-5,12,19,30H,6,9-11,15-17H2,1-3H3,(H,25,28)(H,26,29)/b5-4-.